The molecule has 2 saturated heterocycles. The minimum Gasteiger partial charge on any atom is -0.361 e. The summed E-state index contributed by atoms with van der Waals surface area (Å²) >= 11 is 0. The van der Waals surface area contributed by atoms with Crippen molar-refractivity contribution < 1.29 is 13.5 Å². The van der Waals surface area contributed by atoms with Gasteiger partial charge in [0.2, 0.25) is 5.91 Å². The zero-order chi connectivity index (χ0) is 20.1. The van der Waals surface area contributed by atoms with E-state index < -0.39 is 10.8 Å². The van der Waals surface area contributed by atoms with Crippen molar-refractivity contribution in [3.63, 3.8) is 0 Å². The maximum Gasteiger partial charge on any atom is 0.220 e. The molecule has 0 saturated carbocycles. The van der Waals surface area contributed by atoms with Crippen LogP contribution < -0.4 is 5.32 Å². The number of amides is 1. The van der Waals surface area contributed by atoms with Crippen LogP contribution in [0.3, 0.4) is 0 Å². The van der Waals surface area contributed by atoms with Crippen LogP contribution in [-0.4, -0.2) is 36.3 Å². The third-order valence-electron chi connectivity index (χ3n) is 6.00. The average Bonchev–Trinajstić information content (AvgIpc) is 3.38. The molecule has 7 nitrogen and oxygen atoms in total. The highest BCUT2D eigenvalue weighted by atomic mass is 32.2. The molecule has 2 fully saturated rings. The Bertz CT molecular complexity index is 1110. The van der Waals surface area contributed by atoms with E-state index in [-0.39, 0.29) is 18.0 Å². The summed E-state index contributed by atoms with van der Waals surface area (Å²) in [4.78, 5) is 16.8. The topological polar surface area (TPSA) is 90.0 Å². The molecule has 2 aromatic heterocycles. The number of nitrogens with one attached hydrogen (secondary N) is 1. The predicted octanol–water partition coefficient (Wildman–Crippen LogP) is 3.34. The Labute approximate surface area is 171 Å². The van der Waals surface area contributed by atoms with Gasteiger partial charge in [-0.25, -0.2) is 4.98 Å². The number of carbonyl (C=O) groups is 1. The summed E-state index contributed by atoms with van der Waals surface area (Å²) in [6.45, 7) is 3.85. The van der Waals surface area contributed by atoms with Gasteiger partial charge in [-0.3, -0.25) is 9.00 Å². The molecule has 1 aromatic carbocycles. The fraction of sp³-hybridized carbons (Fsp3) is 0.476. The molecule has 5 rings (SSSR count). The summed E-state index contributed by atoms with van der Waals surface area (Å²) in [6.07, 6.45) is 3.20. The van der Waals surface area contributed by atoms with Crippen molar-refractivity contribution in [3.8, 4) is 11.1 Å². The third-order valence-corrected chi connectivity index (χ3v) is 7.50. The molecule has 0 radical (unpaired) electrons. The van der Waals surface area contributed by atoms with Crippen LogP contribution in [0.5, 0.6) is 0 Å². The van der Waals surface area contributed by atoms with E-state index in [0.717, 1.165) is 64.5 Å². The molecule has 2 aliphatic rings. The summed E-state index contributed by atoms with van der Waals surface area (Å²) in [6, 6.07) is 6.28. The summed E-state index contributed by atoms with van der Waals surface area (Å²) < 4.78 is 19.8. The number of imidazole rings is 1. The quantitative estimate of drug-likeness (QED) is 0.713. The van der Waals surface area contributed by atoms with E-state index in [9.17, 15) is 9.00 Å². The SMILES string of the molecule is Cc1noc(C)c1-c1ccc2c(c1)nc([C@@H]1CCC(=O)N1)n2C1CCCS(=O)C1. The lowest BCUT2D eigenvalue weighted by Gasteiger charge is -2.26. The Hall–Kier alpha value is -2.48. The first-order chi connectivity index (χ1) is 14.0. The van der Waals surface area contributed by atoms with Crippen LogP contribution >= 0.6 is 0 Å². The smallest absolute Gasteiger partial charge is 0.220 e. The summed E-state index contributed by atoms with van der Waals surface area (Å²) in [5, 5.41) is 7.13. The van der Waals surface area contributed by atoms with Crippen LogP contribution in [-0.2, 0) is 15.6 Å². The fourth-order valence-electron chi connectivity index (χ4n) is 4.67. The molecular formula is C21H24N4O3S. The molecule has 2 aliphatic heterocycles. The van der Waals surface area contributed by atoms with E-state index in [1.165, 1.54) is 0 Å². The second kappa shape index (κ2) is 7.09. The highest BCUT2D eigenvalue weighted by Crippen LogP contribution is 2.36. The zero-order valence-corrected chi connectivity index (χ0v) is 17.4. The molecule has 1 N–H and O–H groups in total. The molecule has 8 heteroatoms. The number of benzene rings is 1. The molecule has 3 atom stereocenters. The molecule has 3 aromatic rings. The van der Waals surface area contributed by atoms with Crippen LogP contribution in [0.4, 0.5) is 0 Å². The van der Waals surface area contributed by atoms with Crippen LogP contribution in [0.25, 0.3) is 22.2 Å². The summed E-state index contributed by atoms with van der Waals surface area (Å²) in [5.41, 5.74) is 4.78. The van der Waals surface area contributed by atoms with Crippen molar-refractivity contribution in [3.05, 3.63) is 35.5 Å². The zero-order valence-electron chi connectivity index (χ0n) is 16.6. The number of hydrogen-bond donors (Lipinski definition) is 1. The largest absolute Gasteiger partial charge is 0.361 e. The monoisotopic (exact) mass is 412 g/mol. The minimum atomic E-state index is -0.806. The van der Waals surface area contributed by atoms with Gasteiger partial charge in [-0.2, -0.15) is 0 Å². The van der Waals surface area contributed by atoms with Gasteiger partial charge in [0.15, 0.2) is 0 Å². The number of nitrogens with zero attached hydrogens (tertiary/aromatic N) is 3. The van der Waals surface area contributed by atoms with Crippen molar-refractivity contribution in [1.82, 2.24) is 20.0 Å². The first kappa shape index (κ1) is 18.5. The maximum absolute atomic E-state index is 12.3. The van der Waals surface area contributed by atoms with Crippen LogP contribution in [0.2, 0.25) is 0 Å². The van der Waals surface area contributed by atoms with Gasteiger partial charge in [-0.1, -0.05) is 11.2 Å². The van der Waals surface area contributed by atoms with E-state index in [2.05, 4.69) is 33.2 Å². The van der Waals surface area contributed by atoms with Crippen molar-refractivity contribution in [2.75, 3.05) is 11.5 Å². The molecular weight excluding hydrogens is 388 g/mol. The van der Waals surface area contributed by atoms with Crippen LogP contribution in [0.1, 0.15) is 55.0 Å². The van der Waals surface area contributed by atoms with Crippen LogP contribution in [0, 0.1) is 13.8 Å². The Morgan fingerprint density at radius 2 is 2.14 bits per heavy atom. The first-order valence-electron chi connectivity index (χ1n) is 10.1. The molecule has 0 bridgehead atoms. The molecule has 152 valence electrons. The normalized spacial score (nSPS) is 24.9. The first-order valence-corrected chi connectivity index (χ1v) is 11.6. The van der Waals surface area contributed by atoms with Crippen molar-refractivity contribution in [2.45, 2.75) is 51.6 Å². The van der Waals surface area contributed by atoms with Gasteiger partial charge in [0.05, 0.1) is 22.8 Å². The number of rotatable bonds is 3. The predicted molar refractivity (Wildman–Crippen MR) is 111 cm³/mol. The molecule has 29 heavy (non-hydrogen) atoms. The third kappa shape index (κ3) is 3.19. The van der Waals surface area contributed by atoms with Crippen molar-refractivity contribution in [2.24, 2.45) is 0 Å². The number of carbonyl (C=O) groups excluding carboxylic acids is 1. The molecule has 4 heterocycles. The Morgan fingerprint density at radius 1 is 1.28 bits per heavy atom. The highest BCUT2D eigenvalue weighted by molar-refractivity contribution is 7.85. The number of hydrogen-bond acceptors (Lipinski definition) is 5. The Morgan fingerprint density at radius 3 is 2.83 bits per heavy atom. The van der Waals surface area contributed by atoms with Gasteiger partial charge in [-0.05, 0) is 50.8 Å². The summed E-state index contributed by atoms with van der Waals surface area (Å²) in [5.74, 6) is 3.15. The lowest BCUT2D eigenvalue weighted by Crippen LogP contribution is -2.28. The number of fused-ring (bicyclic) bond motifs is 1. The van der Waals surface area contributed by atoms with E-state index in [4.69, 9.17) is 9.51 Å². The lowest BCUT2D eigenvalue weighted by molar-refractivity contribution is -0.119. The number of aryl methyl sites for hydroxylation is 2. The Kier molecular flexibility index (Phi) is 4.53. The van der Waals surface area contributed by atoms with E-state index in [0.29, 0.717) is 12.2 Å². The van der Waals surface area contributed by atoms with E-state index in [1.54, 1.807) is 0 Å². The molecule has 2 unspecified atom stereocenters. The highest BCUT2D eigenvalue weighted by Gasteiger charge is 2.31. The second-order valence-corrected chi connectivity index (χ2v) is 9.63. The average molecular weight is 413 g/mol. The van der Waals surface area contributed by atoms with Gasteiger partial charge in [-0.15, -0.1) is 0 Å². The lowest BCUT2D eigenvalue weighted by atomic mass is 10.0. The van der Waals surface area contributed by atoms with Gasteiger partial charge < -0.3 is 14.4 Å². The molecule has 0 aliphatic carbocycles. The molecule has 0 spiro atoms. The van der Waals surface area contributed by atoms with Gasteiger partial charge in [0.1, 0.15) is 11.6 Å². The van der Waals surface area contributed by atoms with E-state index >= 15 is 0 Å². The van der Waals surface area contributed by atoms with Gasteiger partial charge in [0, 0.05) is 40.3 Å². The fourth-order valence-corrected chi connectivity index (χ4v) is 6.07. The van der Waals surface area contributed by atoms with Gasteiger partial charge >= 0.3 is 0 Å². The maximum atomic E-state index is 12.3. The van der Waals surface area contributed by atoms with E-state index in [1.807, 2.05) is 13.8 Å². The molecule has 1 amide bonds. The second-order valence-electron chi connectivity index (χ2n) is 8.01. The van der Waals surface area contributed by atoms with Gasteiger partial charge in [0.25, 0.3) is 0 Å². The minimum absolute atomic E-state index is 0.0669. The van der Waals surface area contributed by atoms with Crippen molar-refractivity contribution in [1.29, 1.82) is 0 Å². The number of aromatic nitrogens is 3. The standard InChI is InChI=1S/C21H24N4O3S/c1-12-20(13(2)28-24-12)14-5-7-18-17(10-14)23-21(16-6-8-19(26)22-16)25(18)15-4-3-9-29(27)11-15/h5,7,10,15-16H,3-4,6,8-9,11H2,1-2H3,(H,22,26)/t15?,16-,29?/m0/s1. The Balaban J connectivity index is 1.66. The summed E-state index contributed by atoms with van der Waals surface area (Å²) in [7, 11) is -0.806. The van der Waals surface area contributed by atoms with Crippen molar-refractivity contribution >= 4 is 27.7 Å². The van der Waals surface area contributed by atoms with Crippen LogP contribution in [0.15, 0.2) is 22.7 Å².